The Balaban J connectivity index is 2.52. The van der Waals surface area contributed by atoms with Gasteiger partial charge in [0.25, 0.3) is 0 Å². The van der Waals surface area contributed by atoms with Crippen LogP contribution >= 0.6 is 0 Å². The van der Waals surface area contributed by atoms with Crippen LogP contribution in [-0.4, -0.2) is 23.0 Å². The maximum atomic E-state index is 11.3. The summed E-state index contributed by atoms with van der Waals surface area (Å²) in [5, 5.41) is 3.49. The average Bonchev–Trinajstić information content (AvgIpc) is 2.37. The molecule has 0 aliphatic rings. The molecule has 1 aromatic carbocycles. The van der Waals surface area contributed by atoms with E-state index in [1.807, 2.05) is 0 Å². The fraction of sp³-hybridized carbons (Fsp3) is 0.0833. The predicted octanol–water partition coefficient (Wildman–Crippen LogP) is 1.76. The number of carbonyl (C=O) groups excluding carboxylic acids is 1. The summed E-state index contributed by atoms with van der Waals surface area (Å²) in [6.45, 7) is 3.40. The number of nitrogens with zero attached hydrogens (tertiary/aromatic N) is 2. The van der Waals surface area contributed by atoms with E-state index in [0.29, 0.717) is 11.4 Å². The van der Waals surface area contributed by atoms with Crippen molar-refractivity contribution in [1.82, 2.24) is 9.97 Å². The zero-order valence-electron chi connectivity index (χ0n) is 9.30. The van der Waals surface area contributed by atoms with E-state index in [-0.39, 0.29) is 5.91 Å². The summed E-state index contributed by atoms with van der Waals surface area (Å²) in [7, 11) is 1.53. The van der Waals surface area contributed by atoms with Gasteiger partial charge in [0.15, 0.2) is 0 Å². The quantitative estimate of drug-likeness (QED) is 0.814. The first-order valence-electron chi connectivity index (χ1n) is 4.95. The van der Waals surface area contributed by atoms with Crippen LogP contribution < -0.4 is 10.1 Å². The van der Waals surface area contributed by atoms with Gasteiger partial charge in [-0.2, -0.15) is 0 Å². The third kappa shape index (κ3) is 2.23. The van der Waals surface area contributed by atoms with Crippen molar-refractivity contribution in [3.8, 4) is 5.75 Å². The second-order valence-electron chi connectivity index (χ2n) is 3.33. The Morgan fingerprint density at radius 1 is 1.53 bits per heavy atom. The lowest BCUT2D eigenvalue weighted by molar-refractivity contribution is -0.111. The fourth-order valence-electron chi connectivity index (χ4n) is 1.46. The van der Waals surface area contributed by atoms with E-state index in [1.54, 1.807) is 18.3 Å². The lowest BCUT2D eigenvalue weighted by Gasteiger charge is -2.09. The van der Waals surface area contributed by atoms with Crippen molar-refractivity contribution in [2.45, 2.75) is 0 Å². The van der Waals surface area contributed by atoms with Crippen LogP contribution in [0.15, 0.2) is 37.3 Å². The number of ether oxygens (including phenoxy) is 1. The summed E-state index contributed by atoms with van der Waals surface area (Å²) in [5.74, 6) is 0.255. The predicted molar refractivity (Wildman–Crippen MR) is 64.9 cm³/mol. The lowest BCUT2D eigenvalue weighted by atomic mass is 10.2. The number of benzene rings is 1. The monoisotopic (exact) mass is 229 g/mol. The molecule has 0 aliphatic heterocycles. The number of hydrogen-bond acceptors (Lipinski definition) is 4. The van der Waals surface area contributed by atoms with Crippen molar-refractivity contribution in [1.29, 1.82) is 0 Å². The van der Waals surface area contributed by atoms with Crippen LogP contribution in [0.4, 0.5) is 5.69 Å². The van der Waals surface area contributed by atoms with Crippen molar-refractivity contribution < 1.29 is 9.53 Å². The van der Waals surface area contributed by atoms with E-state index < -0.39 is 0 Å². The Morgan fingerprint density at radius 2 is 2.35 bits per heavy atom. The highest BCUT2D eigenvalue weighted by molar-refractivity contribution is 6.01. The van der Waals surface area contributed by atoms with E-state index in [0.717, 1.165) is 10.9 Å². The maximum Gasteiger partial charge on any atom is 0.247 e. The van der Waals surface area contributed by atoms with Crippen LogP contribution in [0.5, 0.6) is 5.75 Å². The topological polar surface area (TPSA) is 64.1 Å². The summed E-state index contributed by atoms with van der Waals surface area (Å²) in [5.41, 5.74) is 1.33. The van der Waals surface area contributed by atoms with Gasteiger partial charge >= 0.3 is 0 Å². The molecule has 0 aliphatic carbocycles. The van der Waals surface area contributed by atoms with Crippen LogP contribution in [0.25, 0.3) is 10.9 Å². The fourth-order valence-corrected chi connectivity index (χ4v) is 1.46. The first-order valence-corrected chi connectivity index (χ1v) is 4.95. The van der Waals surface area contributed by atoms with Gasteiger partial charge in [-0.05, 0) is 12.1 Å². The molecule has 1 amide bonds. The first kappa shape index (κ1) is 11.1. The minimum absolute atomic E-state index is 0.292. The molecule has 5 heteroatoms. The van der Waals surface area contributed by atoms with Gasteiger partial charge < -0.3 is 10.1 Å². The molecule has 2 rings (SSSR count). The van der Waals surface area contributed by atoms with Gasteiger partial charge in [-0.25, -0.2) is 9.97 Å². The second kappa shape index (κ2) is 4.61. The van der Waals surface area contributed by atoms with E-state index in [1.165, 1.54) is 19.5 Å². The van der Waals surface area contributed by atoms with Crippen LogP contribution in [-0.2, 0) is 4.79 Å². The van der Waals surface area contributed by atoms with Gasteiger partial charge in [0.05, 0.1) is 18.3 Å². The molecule has 0 radical (unpaired) electrons. The second-order valence-corrected chi connectivity index (χ2v) is 3.33. The standard InChI is InChI=1S/C12H11N3O2/c1-3-12(16)15-10-4-8-6-13-7-14-9(8)5-11(10)17-2/h3-7H,1H2,2H3,(H,15,16). The minimum atomic E-state index is -0.292. The molecule has 0 unspecified atom stereocenters. The van der Waals surface area contributed by atoms with E-state index in [2.05, 4.69) is 21.9 Å². The number of anilines is 1. The van der Waals surface area contributed by atoms with E-state index >= 15 is 0 Å². The largest absolute Gasteiger partial charge is 0.494 e. The van der Waals surface area contributed by atoms with Crippen molar-refractivity contribution >= 4 is 22.5 Å². The molecule has 0 fully saturated rings. The molecule has 0 atom stereocenters. The molecule has 17 heavy (non-hydrogen) atoms. The average molecular weight is 229 g/mol. The van der Waals surface area contributed by atoms with Crippen LogP contribution in [0, 0.1) is 0 Å². The Morgan fingerprint density at radius 3 is 3.06 bits per heavy atom. The first-order chi connectivity index (χ1) is 8.24. The molecule has 1 aromatic heterocycles. The highest BCUT2D eigenvalue weighted by atomic mass is 16.5. The highest BCUT2D eigenvalue weighted by Gasteiger charge is 2.07. The summed E-state index contributed by atoms with van der Waals surface area (Å²) >= 11 is 0. The van der Waals surface area contributed by atoms with Gasteiger partial charge in [-0.1, -0.05) is 6.58 Å². The third-order valence-corrected chi connectivity index (χ3v) is 2.27. The molecule has 0 saturated carbocycles. The number of nitrogens with one attached hydrogen (secondary N) is 1. The van der Waals surface area contributed by atoms with Gasteiger partial charge in [-0.3, -0.25) is 4.79 Å². The summed E-state index contributed by atoms with van der Waals surface area (Å²) < 4.78 is 5.19. The summed E-state index contributed by atoms with van der Waals surface area (Å²) in [6.07, 6.45) is 4.33. The summed E-state index contributed by atoms with van der Waals surface area (Å²) in [6, 6.07) is 3.51. The zero-order chi connectivity index (χ0) is 12.3. The number of fused-ring (bicyclic) bond motifs is 1. The smallest absolute Gasteiger partial charge is 0.247 e. The zero-order valence-corrected chi connectivity index (χ0v) is 9.30. The highest BCUT2D eigenvalue weighted by Crippen LogP contribution is 2.28. The number of amides is 1. The van der Waals surface area contributed by atoms with Crippen LogP contribution in [0.2, 0.25) is 0 Å². The van der Waals surface area contributed by atoms with Crippen molar-refractivity contribution in [2.75, 3.05) is 12.4 Å². The van der Waals surface area contributed by atoms with Gasteiger partial charge in [0.2, 0.25) is 5.91 Å². The Hall–Kier alpha value is -2.43. The number of carbonyl (C=O) groups is 1. The number of methoxy groups -OCH3 is 1. The number of hydrogen-bond donors (Lipinski definition) is 1. The molecule has 86 valence electrons. The molecule has 0 bridgehead atoms. The van der Waals surface area contributed by atoms with Gasteiger partial charge in [0, 0.05) is 17.6 Å². The Labute approximate surface area is 98.1 Å². The third-order valence-electron chi connectivity index (χ3n) is 2.27. The molecule has 5 nitrogen and oxygen atoms in total. The minimum Gasteiger partial charge on any atom is -0.494 e. The van der Waals surface area contributed by atoms with Crippen molar-refractivity contribution in [3.63, 3.8) is 0 Å². The van der Waals surface area contributed by atoms with Crippen LogP contribution in [0.3, 0.4) is 0 Å². The molecular weight excluding hydrogens is 218 g/mol. The molecular formula is C12H11N3O2. The molecule has 0 saturated heterocycles. The molecule has 0 spiro atoms. The number of aromatic nitrogens is 2. The van der Waals surface area contributed by atoms with Gasteiger partial charge in [0.1, 0.15) is 12.1 Å². The van der Waals surface area contributed by atoms with E-state index in [4.69, 9.17) is 4.74 Å². The summed E-state index contributed by atoms with van der Waals surface area (Å²) in [4.78, 5) is 19.3. The molecule has 1 N–H and O–H groups in total. The SMILES string of the molecule is C=CC(=O)Nc1cc2cncnc2cc1OC. The number of rotatable bonds is 3. The lowest BCUT2D eigenvalue weighted by Crippen LogP contribution is -2.08. The van der Waals surface area contributed by atoms with Crippen molar-refractivity contribution in [2.24, 2.45) is 0 Å². The molecule has 1 heterocycles. The van der Waals surface area contributed by atoms with Crippen molar-refractivity contribution in [3.05, 3.63) is 37.3 Å². The normalized spacial score (nSPS) is 9.94. The Bertz CT molecular complexity index is 581. The van der Waals surface area contributed by atoms with Crippen LogP contribution in [0.1, 0.15) is 0 Å². The van der Waals surface area contributed by atoms with E-state index in [9.17, 15) is 4.79 Å². The Kier molecular flexibility index (Phi) is 3.00. The maximum absolute atomic E-state index is 11.3. The molecule has 2 aromatic rings. The van der Waals surface area contributed by atoms with Gasteiger partial charge in [-0.15, -0.1) is 0 Å².